The first kappa shape index (κ1) is 12.5. The number of aliphatic hydroxyl groups is 1. The van der Waals surface area contributed by atoms with E-state index in [0.717, 1.165) is 5.56 Å². The lowest BCUT2D eigenvalue weighted by molar-refractivity contribution is 0.102. The van der Waals surface area contributed by atoms with Crippen molar-refractivity contribution in [1.29, 1.82) is 0 Å². The second kappa shape index (κ2) is 5.62. The smallest absolute Gasteiger partial charge is 0.258 e. The first-order valence-corrected chi connectivity index (χ1v) is 5.69. The van der Waals surface area contributed by atoms with E-state index in [0.29, 0.717) is 16.3 Å². The fraction of sp³-hybridized carbons (Fsp3) is 0.0769. The maximum Gasteiger partial charge on any atom is 0.258 e. The molecule has 0 saturated carbocycles. The minimum absolute atomic E-state index is 0.0721. The van der Waals surface area contributed by atoms with Crippen molar-refractivity contribution in [2.45, 2.75) is 6.61 Å². The van der Waals surface area contributed by atoms with Crippen LogP contribution in [0.5, 0.6) is 0 Å². The van der Waals surface area contributed by atoms with E-state index in [1.807, 2.05) is 0 Å². The summed E-state index contributed by atoms with van der Waals surface area (Å²) < 4.78 is 0. The lowest BCUT2D eigenvalue weighted by Gasteiger charge is -2.07. The van der Waals surface area contributed by atoms with Crippen LogP contribution in [0, 0.1) is 0 Å². The fourth-order valence-electron chi connectivity index (χ4n) is 1.49. The average molecular weight is 263 g/mol. The number of nitrogens with one attached hydrogen (secondary N) is 1. The van der Waals surface area contributed by atoms with Crippen molar-refractivity contribution in [3.8, 4) is 0 Å². The summed E-state index contributed by atoms with van der Waals surface area (Å²) >= 11 is 5.90. The van der Waals surface area contributed by atoms with Crippen molar-refractivity contribution in [3.63, 3.8) is 0 Å². The molecule has 0 aliphatic heterocycles. The summed E-state index contributed by atoms with van der Waals surface area (Å²) in [6, 6.07) is 8.52. The molecule has 0 unspecified atom stereocenters. The van der Waals surface area contributed by atoms with Crippen molar-refractivity contribution >= 4 is 23.2 Å². The highest BCUT2D eigenvalue weighted by molar-refractivity contribution is 6.34. The minimum Gasteiger partial charge on any atom is -0.392 e. The van der Waals surface area contributed by atoms with E-state index in [2.05, 4.69) is 10.3 Å². The van der Waals surface area contributed by atoms with Crippen LogP contribution in [0.15, 0.2) is 42.7 Å². The first-order valence-electron chi connectivity index (χ1n) is 5.31. The van der Waals surface area contributed by atoms with Gasteiger partial charge in [0.2, 0.25) is 0 Å². The van der Waals surface area contributed by atoms with Gasteiger partial charge in [0.15, 0.2) is 0 Å². The SMILES string of the molecule is O=C(Nc1cccc(CO)c1)c1cnccc1Cl. The second-order valence-corrected chi connectivity index (χ2v) is 4.08. The van der Waals surface area contributed by atoms with E-state index in [9.17, 15) is 4.79 Å². The van der Waals surface area contributed by atoms with E-state index < -0.39 is 0 Å². The van der Waals surface area contributed by atoms with Crippen LogP contribution in [0.4, 0.5) is 5.69 Å². The molecule has 1 heterocycles. The minimum atomic E-state index is -0.330. The molecule has 0 saturated heterocycles. The zero-order valence-corrected chi connectivity index (χ0v) is 10.2. The van der Waals surface area contributed by atoms with Crippen molar-refractivity contribution in [2.24, 2.45) is 0 Å². The molecule has 2 N–H and O–H groups in total. The molecule has 4 nitrogen and oxygen atoms in total. The lowest BCUT2D eigenvalue weighted by Crippen LogP contribution is -2.12. The third kappa shape index (κ3) is 2.85. The number of amides is 1. The number of benzene rings is 1. The van der Waals surface area contributed by atoms with Crippen LogP contribution < -0.4 is 5.32 Å². The molecule has 1 amide bonds. The predicted molar refractivity (Wildman–Crippen MR) is 69.6 cm³/mol. The Kier molecular flexibility index (Phi) is 3.92. The van der Waals surface area contributed by atoms with Gasteiger partial charge in [-0.3, -0.25) is 9.78 Å². The molecule has 0 bridgehead atoms. The Morgan fingerprint density at radius 1 is 1.39 bits per heavy atom. The van der Waals surface area contributed by atoms with E-state index in [4.69, 9.17) is 16.7 Å². The lowest BCUT2D eigenvalue weighted by atomic mass is 10.2. The molecule has 5 heteroatoms. The fourth-order valence-corrected chi connectivity index (χ4v) is 1.68. The third-order valence-corrected chi connectivity index (χ3v) is 2.71. The maximum absolute atomic E-state index is 11.9. The molecule has 18 heavy (non-hydrogen) atoms. The van der Waals surface area contributed by atoms with Gasteiger partial charge in [-0.15, -0.1) is 0 Å². The summed E-state index contributed by atoms with van der Waals surface area (Å²) in [5.74, 6) is -0.330. The van der Waals surface area contributed by atoms with Crippen molar-refractivity contribution in [3.05, 3.63) is 58.9 Å². The van der Waals surface area contributed by atoms with Crippen LogP contribution in [0.1, 0.15) is 15.9 Å². The van der Waals surface area contributed by atoms with Gasteiger partial charge in [0.1, 0.15) is 0 Å². The highest BCUT2D eigenvalue weighted by Gasteiger charge is 2.10. The summed E-state index contributed by atoms with van der Waals surface area (Å²) in [5, 5.41) is 12.1. The van der Waals surface area contributed by atoms with Crippen LogP contribution >= 0.6 is 11.6 Å². The number of halogens is 1. The molecular formula is C13H11ClN2O2. The van der Waals surface area contributed by atoms with E-state index in [-0.39, 0.29) is 12.5 Å². The summed E-state index contributed by atoms with van der Waals surface area (Å²) in [5.41, 5.74) is 1.64. The third-order valence-electron chi connectivity index (χ3n) is 2.38. The predicted octanol–water partition coefficient (Wildman–Crippen LogP) is 2.48. The first-order chi connectivity index (χ1) is 8.70. The van der Waals surface area contributed by atoms with Crippen LogP contribution in [0.25, 0.3) is 0 Å². The van der Waals surface area contributed by atoms with Crippen LogP contribution in [0.2, 0.25) is 5.02 Å². The summed E-state index contributed by atoms with van der Waals surface area (Å²) in [6.45, 7) is -0.0721. The topological polar surface area (TPSA) is 62.2 Å². The summed E-state index contributed by atoms with van der Waals surface area (Å²) in [4.78, 5) is 15.8. The number of anilines is 1. The molecular weight excluding hydrogens is 252 g/mol. The molecule has 0 fully saturated rings. The number of hydrogen-bond donors (Lipinski definition) is 2. The molecule has 2 rings (SSSR count). The quantitative estimate of drug-likeness (QED) is 0.893. The summed E-state index contributed by atoms with van der Waals surface area (Å²) in [7, 11) is 0. The zero-order chi connectivity index (χ0) is 13.0. The van der Waals surface area contributed by atoms with Crippen molar-refractivity contribution in [2.75, 3.05) is 5.32 Å². The number of carbonyl (C=O) groups excluding carboxylic acids is 1. The van der Waals surface area contributed by atoms with Crippen molar-refractivity contribution in [1.82, 2.24) is 4.98 Å². The number of aliphatic hydroxyl groups excluding tert-OH is 1. The number of rotatable bonds is 3. The Morgan fingerprint density at radius 3 is 2.94 bits per heavy atom. The van der Waals surface area contributed by atoms with Gasteiger partial charge in [0, 0.05) is 18.1 Å². The molecule has 0 radical (unpaired) electrons. The molecule has 0 atom stereocenters. The highest BCUT2D eigenvalue weighted by atomic mass is 35.5. The molecule has 0 spiro atoms. The summed E-state index contributed by atoms with van der Waals surface area (Å²) in [6.07, 6.45) is 2.93. The number of hydrogen-bond acceptors (Lipinski definition) is 3. The number of carbonyl (C=O) groups is 1. The average Bonchev–Trinajstić information content (AvgIpc) is 2.39. The molecule has 0 aliphatic carbocycles. The molecule has 0 aliphatic rings. The van der Waals surface area contributed by atoms with Gasteiger partial charge in [-0.25, -0.2) is 0 Å². The molecule has 92 valence electrons. The van der Waals surface area contributed by atoms with Gasteiger partial charge in [-0.2, -0.15) is 0 Å². The molecule has 1 aromatic carbocycles. The van der Waals surface area contributed by atoms with Gasteiger partial charge in [0.05, 0.1) is 17.2 Å². The largest absolute Gasteiger partial charge is 0.392 e. The Labute approximate surface area is 109 Å². The van der Waals surface area contributed by atoms with Gasteiger partial charge in [-0.05, 0) is 23.8 Å². The Bertz CT molecular complexity index is 572. The Morgan fingerprint density at radius 2 is 2.22 bits per heavy atom. The Hall–Kier alpha value is -1.91. The van der Waals surface area contributed by atoms with Gasteiger partial charge >= 0.3 is 0 Å². The van der Waals surface area contributed by atoms with Gasteiger partial charge in [0.25, 0.3) is 5.91 Å². The van der Waals surface area contributed by atoms with Crippen LogP contribution in [0.3, 0.4) is 0 Å². The van der Waals surface area contributed by atoms with Gasteiger partial charge < -0.3 is 10.4 Å². The normalized spacial score (nSPS) is 10.1. The van der Waals surface area contributed by atoms with Gasteiger partial charge in [-0.1, -0.05) is 23.7 Å². The number of nitrogens with zero attached hydrogens (tertiary/aromatic N) is 1. The van der Waals surface area contributed by atoms with Crippen LogP contribution in [-0.2, 0) is 6.61 Å². The molecule has 2 aromatic rings. The standard InChI is InChI=1S/C13H11ClN2O2/c14-12-4-5-15-7-11(12)13(18)16-10-3-1-2-9(6-10)8-17/h1-7,17H,8H2,(H,16,18). The zero-order valence-electron chi connectivity index (χ0n) is 9.43. The monoisotopic (exact) mass is 262 g/mol. The van der Waals surface area contributed by atoms with Crippen LogP contribution in [-0.4, -0.2) is 16.0 Å². The van der Waals surface area contributed by atoms with E-state index in [1.54, 1.807) is 30.3 Å². The maximum atomic E-state index is 11.9. The highest BCUT2D eigenvalue weighted by Crippen LogP contribution is 2.16. The number of pyridine rings is 1. The second-order valence-electron chi connectivity index (χ2n) is 3.67. The van der Waals surface area contributed by atoms with Crippen molar-refractivity contribution < 1.29 is 9.90 Å². The molecule has 1 aromatic heterocycles. The number of aromatic nitrogens is 1. The van der Waals surface area contributed by atoms with E-state index in [1.165, 1.54) is 12.4 Å². The van der Waals surface area contributed by atoms with E-state index >= 15 is 0 Å². The Balaban J connectivity index is 2.19.